The summed E-state index contributed by atoms with van der Waals surface area (Å²) in [4.78, 5) is 35.2. The Balaban J connectivity index is 1.71. The number of rotatable bonds is 6. The molecule has 0 spiro atoms. The first-order valence-corrected chi connectivity index (χ1v) is 9.23. The van der Waals surface area contributed by atoms with E-state index in [9.17, 15) is 28.1 Å². The minimum Gasteiger partial charge on any atom is -0.272 e. The molecule has 0 aromatic heterocycles. The SMILES string of the molecule is Cc1ccc(S(=O)(=O)OCCN2C(=O)c3ccccc3C2=O)cc1[N+](=O)[O-]. The van der Waals surface area contributed by atoms with Gasteiger partial charge in [-0.15, -0.1) is 0 Å². The Bertz CT molecular complexity index is 1030. The standard InChI is InChI=1S/C17H14N2O7S/c1-11-6-7-12(10-15(11)19(22)23)27(24,25)26-9-8-18-16(20)13-4-2-3-5-14(13)17(18)21/h2-7,10H,8-9H2,1H3. The summed E-state index contributed by atoms with van der Waals surface area (Å²) in [5, 5.41) is 11.0. The molecule has 0 bridgehead atoms. The van der Waals surface area contributed by atoms with Gasteiger partial charge in [0.2, 0.25) is 0 Å². The monoisotopic (exact) mass is 390 g/mol. The summed E-state index contributed by atoms with van der Waals surface area (Å²) < 4.78 is 29.3. The number of nitro groups is 1. The summed E-state index contributed by atoms with van der Waals surface area (Å²) in [5.41, 5.74) is 0.462. The van der Waals surface area contributed by atoms with Gasteiger partial charge in [0.05, 0.1) is 29.2 Å². The van der Waals surface area contributed by atoms with Crippen LogP contribution in [0.25, 0.3) is 0 Å². The van der Waals surface area contributed by atoms with E-state index in [1.165, 1.54) is 31.2 Å². The van der Waals surface area contributed by atoms with Crippen LogP contribution in [0.15, 0.2) is 47.4 Å². The summed E-state index contributed by atoms with van der Waals surface area (Å²) >= 11 is 0. The zero-order chi connectivity index (χ0) is 19.8. The molecule has 0 fully saturated rings. The molecule has 1 aliphatic heterocycles. The first-order valence-electron chi connectivity index (χ1n) is 7.82. The Labute approximate surface area is 154 Å². The third kappa shape index (κ3) is 3.44. The normalized spacial score (nSPS) is 13.7. The van der Waals surface area contributed by atoms with Gasteiger partial charge >= 0.3 is 0 Å². The van der Waals surface area contributed by atoms with Crippen LogP contribution in [0, 0.1) is 17.0 Å². The van der Waals surface area contributed by atoms with Gasteiger partial charge in [0, 0.05) is 11.6 Å². The van der Waals surface area contributed by atoms with E-state index in [0.29, 0.717) is 5.56 Å². The molecule has 3 rings (SSSR count). The second kappa shape index (κ2) is 6.89. The molecule has 0 aliphatic carbocycles. The molecule has 140 valence electrons. The quantitative estimate of drug-likeness (QED) is 0.319. The number of hydrogen-bond acceptors (Lipinski definition) is 7. The van der Waals surface area contributed by atoms with Crippen LogP contribution in [0.1, 0.15) is 26.3 Å². The first-order chi connectivity index (χ1) is 12.7. The maximum absolute atomic E-state index is 12.2. The van der Waals surface area contributed by atoms with Crippen molar-refractivity contribution < 1.29 is 27.1 Å². The van der Waals surface area contributed by atoms with Crippen LogP contribution in [-0.4, -0.2) is 43.2 Å². The van der Waals surface area contributed by atoms with Gasteiger partial charge in [-0.1, -0.05) is 18.2 Å². The molecular formula is C17H14N2O7S. The molecule has 2 aromatic carbocycles. The van der Waals surface area contributed by atoms with Crippen LogP contribution < -0.4 is 0 Å². The van der Waals surface area contributed by atoms with E-state index in [1.807, 2.05) is 0 Å². The maximum atomic E-state index is 12.2. The smallest absolute Gasteiger partial charge is 0.272 e. The van der Waals surface area contributed by atoms with Gasteiger partial charge in [0.1, 0.15) is 4.90 Å². The summed E-state index contributed by atoms with van der Waals surface area (Å²) in [7, 11) is -4.28. The maximum Gasteiger partial charge on any atom is 0.297 e. The van der Waals surface area contributed by atoms with E-state index in [0.717, 1.165) is 11.0 Å². The summed E-state index contributed by atoms with van der Waals surface area (Å²) in [5.74, 6) is -1.05. The number of fused-ring (bicyclic) bond motifs is 1. The summed E-state index contributed by atoms with van der Waals surface area (Å²) in [6.07, 6.45) is 0. The van der Waals surface area contributed by atoms with Crippen LogP contribution in [-0.2, 0) is 14.3 Å². The van der Waals surface area contributed by atoms with Crippen LogP contribution in [0.5, 0.6) is 0 Å². The van der Waals surface area contributed by atoms with Crippen molar-refractivity contribution in [1.82, 2.24) is 4.90 Å². The summed E-state index contributed by atoms with van der Waals surface area (Å²) in [6.45, 7) is 0.757. The van der Waals surface area contributed by atoms with E-state index in [2.05, 4.69) is 0 Å². The fraction of sp³-hybridized carbons (Fsp3) is 0.176. The van der Waals surface area contributed by atoms with E-state index >= 15 is 0 Å². The first kappa shape index (κ1) is 18.7. The second-order valence-corrected chi connectivity index (χ2v) is 7.40. The van der Waals surface area contributed by atoms with E-state index in [-0.39, 0.29) is 28.3 Å². The molecular weight excluding hydrogens is 376 g/mol. The number of hydrogen-bond donors (Lipinski definition) is 0. The summed E-state index contributed by atoms with van der Waals surface area (Å²) in [6, 6.07) is 9.68. The average molecular weight is 390 g/mol. The average Bonchev–Trinajstić information content (AvgIpc) is 2.87. The van der Waals surface area contributed by atoms with Gasteiger partial charge in [-0.25, -0.2) is 0 Å². The molecule has 0 unspecified atom stereocenters. The number of aryl methyl sites for hydroxylation is 1. The van der Waals surface area contributed by atoms with Crippen LogP contribution >= 0.6 is 0 Å². The minimum absolute atomic E-state index is 0.250. The van der Waals surface area contributed by atoms with Crippen LogP contribution in [0.3, 0.4) is 0 Å². The van der Waals surface area contributed by atoms with Gasteiger partial charge in [0.15, 0.2) is 0 Å². The molecule has 10 heteroatoms. The Morgan fingerprint density at radius 1 is 1.07 bits per heavy atom. The molecule has 1 heterocycles. The molecule has 0 atom stereocenters. The molecule has 0 N–H and O–H groups in total. The lowest BCUT2D eigenvalue weighted by Crippen LogP contribution is -2.33. The highest BCUT2D eigenvalue weighted by atomic mass is 32.2. The number of nitro benzene ring substituents is 1. The predicted octanol–water partition coefficient (Wildman–Crippen LogP) is 1.90. The Hall–Kier alpha value is -3.11. The Morgan fingerprint density at radius 3 is 2.22 bits per heavy atom. The highest BCUT2D eigenvalue weighted by molar-refractivity contribution is 7.86. The third-order valence-electron chi connectivity index (χ3n) is 4.10. The number of amides is 2. The number of benzene rings is 2. The number of nitrogens with zero attached hydrogens (tertiary/aromatic N) is 2. The van der Waals surface area contributed by atoms with Crippen molar-refractivity contribution in [2.24, 2.45) is 0 Å². The molecule has 27 heavy (non-hydrogen) atoms. The third-order valence-corrected chi connectivity index (χ3v) is 5.41. The lowest BCUT2D eigenvalue weighted by atomic mass is 10.1. The Kier molecular flexibility index (Phi) is 4.77. The molecule has 2 aromatic rings. The molecule has 0 radical (unpaired) electrons. The molecule has 0 saturated carbocycles. The predicted molar refractivity (Wildman–Crippen MR) is 92.8 cm³/mol. The van der Waals surface area contributed by atoms with Gasteiger partial charge < -0.3 is 0 Å². The number of imide groups is 1. The fourth-order valence-electron chi connectivity index (χ4n) is 2.69. The van der Waals surface area contributed by atoms with Gasteiger partial charge in [-0.2, -0.15) is 8.42 Å². The van der Waals surface area contributed by atoms with Gasteiger partial charge in [-0.3, -0.25) is 28.8 Å². The van der Waals surface area contributed by atoms with Crippen molar-refractivity contribution in [3.63, 3.8) is 0 Å². The molecule has 1 aliphatic rings. The number of carbonyl (C=O) groups excluding carboxylic acids is 2. The molecule has 9 nitrogen and oxygen atoms in total. The van der Waals surface area contributed by atoms with Crippen molar-refractivity contribution in [2.75, 3.05) is 13.2 Å². The van der Waals surface area contributed by atoms with Crippen molar-refractivity contribution in [1.29, 1.82) is 0 Å². The largest absolute Gasteiger partial charge is 0.297 e. The van der Waals surface area contributed by atoms with Crippen molar-refractivity contribution in [3.8, 4) is 0 Å². The van der Waals surface area contributed by atoms with Crippen LogP contribution in [0.2, 0.25) is 0 Å². The number of carbonyl (C=O) groups is 2. The Morgan fingerprint density at radius 2 is 1.67 bits per heavy atom. The topological polar surface area (TPSA) is 124 Å². The lowest BCUT2D eigenvalue weighted by molar-refractivity contribution is -0.385. The van der Waals surface area contributed by atoms with Crippen LogP contribution in [0.4, 0.5) is 5.69 Å². The molecule has 2 amide bonds. The zero-order valence-electron chi connectivity index (χ0n) is 14.1. The van der Waals surface area contributed by atoms with Gasteiger partial charge in [0.25, 0.3) is 27.6 Å². The van der Waals surface area contributed by atoms with E-state index < -0.39 is 33.5 Å². The lowest BCUT2D eigenvalue weighted by Gasteiger charge is -2.13. The van der Waals surface area contributed by atoms with Crippen molar-refractivity contribution in [2.45, 2.75) is 11.8 Å². The zero-order valence-corrected chi connectivity index (χ0v) is 14.9. The second-order valence-electron chi connectivity index (χ2n) is 5.79. The highest BCUT2D eigenvalue weighted by Gasteiger charge is 2.35. The van der Waals surface area contributed by atoms with Crippen molar-refractivity contribution >= 4 is 27.6 Å². The highest BCUT2D eigenvalue weighted by Crippen LogP contribution is 2.24. The van der Waals surface area contributed by atoms with E-state index in [1.54, 1.807) is 12.1 Å². The minimum atomic E-state index is -4.28. The molecule has 0 saturated heterocycles. The van der Waals surface area contributed by atoms with Gasteiger partial charge in [-0.05, 0) is 25.1 Å². The van der Waals surface area contributed by atoms with Crippen molar-refractivity contribution in [3.05, 3.63) is 69.3 Å². The fourth-order valence-corrected chi connectivity index (χ4v) is 3.61. The van der Waals surface area contributed by atoms with E-state index in [4.69, 9.17) is 4.18 Å².